The van der Waals surface area contributed by atoms with Crippen LogP contribution in [0.25, 0.3) is 0 Å². The second kappa shape index (κ2) is 8.64. The Balaban J connectivity index is 2.41. The van der Waals surface area contributed by atoms with Gasteiger partial charge in [-0.3, -0.25) is 5.32 Å². The third-order valence-electron chi connectivity index (χ3n) is 4.44. The third kappa shape index (κ3) is 5.81. The van der Waals surface area contributed by atoms with E-state index >= 15 is 0 Å². The summed E-state index contributed by atoms with van der Waals surface area (Å²) in [6.45, 7) is 9.38. The molecule has 0 aliphatic heterocycles. The molecule has 0 bridgehead atoms. The van der Waals surface area contributed by atoms with Crippen LogP contribution in [0.5, 0.6) is 0 Å². The summed E-state index contributed by atoms with van der Waals surface area (Å²) in [6.07, 6.45) is 8.66. The minimum atomic E-state index is -0.464. The first-order valence-electron chi connectivity index (χ1n) is 8.34. The molecule has 116 valence electrons. The maximum Gasteiger partial charge on any atom is 0.106 e. The molecule has 0 saturated heterocycles. The van der Waals surface area contributed by atoms with E-state index in [9.17, 15) is 5.26 Å². The number of ether oxygens (including phenoxy) is 1. The van der Waals surface area contributed by atoms with Gasteiger partial charge in [0.1, 0.15) is 5.54 Å². The molecule has 4 unspecified atom stereocenters. The van der Waals surface area contributed by atoms with Crippen LogP contribution in [0.2, 0.25) is 0 Å². The van der Waals surface area contributed by atoms with Crippen LogP contribution < -0.4 is 5.32 Å². The van der Waals surface area contributed by atoms with Crippen LogP contribution in [0.4, 0.5) is 0 Å². The zero-order valence-electron chi connectivity index (χ0n) is 13.7. The van der Waals surface area contributed by atoms with Gasteiger partial charge in [0.2, 0.25) is 0 Å². The lowest BCUT2D eigenvalue weighted by Crippen LogP contribution is -2.44. The molecule has 1 aliphatic carbocycles. The average molecular weight is 280 g/mol. The van der Waals surface area contributed by atoms with Crippen molar-refractivity contribution in [1.82, 2.24) is 5.32 Å². The maximum atomic E-state index is 9.38. The van der Waals surface area contributed by atoms with Gasteiger partial charge in [-0.1, -0.05) is 33.1 Å². The molecule has 0 aromatic rings. The minimum absolute atomic E-state index is 0.143. The van der Waals surface area contributed by atoms with Crippen molar-refractivity contribution >= 4 is 0 Å². The molecular weight excluding hydrogens is 248 g/mol. The van der Waals surface area contributed by atoms with Crippen LogP contribution in [0, 0.1) is 17.2 Å². The molecule has 1 fully saturated rings. The normalized spacial score (nSPS) is 27.6. The van der Waals surface area contributed by atoms with Gasteiger partial charge in [0.25, 0.3) is 0 Å². The molecule has 3 heteroatoms. The average Bonchev–Trinajstić information content (AvgIpc) is 2.45. The summed E-state index contributed by atoms with van der Waals surface area (Å²) in [7, 11) is 0. The van der Waals surface area contributed by atoms with E-state index < -0.39 is 5.54 Å². The van der Waals surface area contributed by atoms with Crippen molar-refractivity contribution < 1.29 is 4.74 Å². The van der Waals surface area contributed by atoms with Gasteiger partial charge in [-0.25, -0.2) is 0 Å². The molecule has 0 amide bonds. The Bertz CT molecular complexity index is 313. The van der Waals surface area contributed by atoms with Crippen molar-refractivity contribution in [3.63, 3.8) is 0 Å². The van der Waals surface area contributed by atoms with Crippen molar-refractivity contribution in [3.8, 4) is 6.07 Å². The van der Waals surface area contributed by atoms with Crippen LogP contribution in [0.1, 0.15) is 72.6 Å². The summed E-state index contributed by atoms with van der Waals surface area (Å²) in [5.41, 5.74) is -0.464. The highest BCUT2D eigenvalue weighted by Gasteiger charge is 2.28. The highest BCUT2D eigenvalue weighted by atomic mass is 16.5. The summed E-state index contributed by atoms with van der Waals surface area (Å²) in [5.74, 6) is 0.835. The smallest absolute Gasteiger partial charge is 0.106 e. The fraction of sp³-hybridized carbons (Fsp3) is 0.941. The Kier molecular flexibility index (Phi) is 7.55. The van der Waals surface area contributed by atoms with Crippen LogP contribution in [0.3, 0.4) is 0 Å². The highest BCUT2D eigenvalue weighted by Crippen LogP contribution is 2.30. The molecule has 0 radical (unpaired) electrons. The Morgan fingerprint density at radius 2 is 2.15 bits per heavy atom. The van der Waals surface area contributed by atoms with E-state index in [0.29, 0.717) is 6.10 Å². The highest BCUT2D eigenvalue weighted by molar-refractivity contribution is 5.04. The summed E-state index contributed by atoms with van der Waals surface area (Å²) in [4.78, 5) is 0. The molecule has 1 aliphatic rings. The predicted molar refractivity (Wildman–Crippen MR) is 83.5 cm³/mol. The Morgan fingerprint density at radius 3 is 2.75 bits per heavy atom. The lowest BCUT2D eigenvalue weighted by molar-refractivity contribution is -0.0416. The van der Waals surface area contributed by atoms with Gasteiger partial charge in [-0.05, 0) is 45.6 Å². The number of hydrogen-bond donors (Lipinski definition) is 1. The monoisotopic (exact) mass is 280 g/mol. The SMILES string of the molecule is CCCNC(C)(C#N)CC(C)OC1CCCC(CC)C1. The van der Waals surface area contributed by atoms with Crippen molar-refractivity contribution in [2.75, 3.05) is 6.54 Å². The number of nitriles is 1. The van der Waals surface area contributed by atoms with Gasteiger partial charge in [-0.15, -0.1) is 0 Å². The number of hydrogen-bond acceptors (Lipinski definition) is 3. The molecular formula is C17H32N2O. The van der Waals surface area contributed by atoms with Gasteiger partial charge in [0.05, 0.1) is 18.3 Å². The molecule has 3 nitrogen and oxygen atoms in total. The van der Waals surface area contributed by atoms with E-state index in [2.05, 4.69) is 32.2 Å². The van der Waals surface area contributed by atoms with Crippen LogP contribution in [0.15, 0.2) is 0 Å². The van der Waals surface area contributed by atoms with E-state index in [1.807, 2.05) is 6.92 Å². The molecule has 20 heavy (non-hydrogen) atoms. The van der Waals surface area contributed by atoms with Gasteiger partial charge in [0, 0.05) is 6.42 Å². The van der Waals surface area contributed by atoms with Crippen molar-refractivity contribution in [2.45, 2.75) is 90.4 Å². The summed E-state index contributed by atoms with van der Waals surface area (Å²) < 4.78 is 6.21. The van der Waals surface area contributed by atoms with Gasteiger partial charge < -0.3 is 4.74 Å². The van der Waals surface area contributed by atoms with Gasteiger partial charge >= 0.3 is 0 Å². The topological polar surface area (TPSA) is 45.0 Å². The molecule has 1 saturated carbocycles. The van der Waals surface area contributed by atoms with E-state index in [1.165, 1.54) is 32.1 Å². The number of nitrogens with zero attached hydrogens (tertiary/aromatic N) is 1. The zero-order valence-corrected chi connectivity index (χ0v) is 13.7. The Hall–Kier alpha value is -0.590. The van der Waals surface area contributed by atoms with Gasteiger partial charge in [-0.2, -0.15) is 5.26 Å². The summed E-state index contributed by atoms with van der Waals surface area (Å²) in [5, 5.41) is 12.7. The lowest BCUT2D eigenvalue weighted by Gasteiger charge is -2.33. The van der Waals surface area contributed by atoms with Gasteiger partial charge in [0.15, 0.2) is 0 Å². The quantitative estimate of drug-likeness (QED) is 0.730. The second-order valence-corrected chi connectivity index (χ2v) is 6.58. The fourth-order valence-corrected chi connectivity index (χ4v) is 3.25. The first-order valence-corrected chi connectivity index (χ1v) is 8.34. The minimum Gasteiger partial charge on any atom is -0.375 e. The summed E-state index contributed by atoms with van der Waals surface area (Å²) >= 11 is 0. The van der Waals surface area contributed by atoms with Crippen LogP contribution in [-0.2, 0) is 4.74 Å². The molecule has 0 aromatic heterocycles. The molecule has 1 rings (SSSR count). The zero-order chi connectivity index (χ0) is 15.0. The van der Waals surface area contributed by atoms with Crippen molar-refractivity contribution in [2.24, 2.45) is 5.92 Å². The van der Waals surface area contributed by atoms with E-state index in [1.54, 1.807) is 0 Å². The van der Waals surface area contributed by atoms with Crippen LogP contribution >= 0.6 is 0 Å². The first kappa shape index (κ1) is 17.5. The molecule has 1 N–H and O–H groups in total. The Labute approximate surface area is 125 Å². The summed E-state index contributed by atoms with van der Waals surface area (Å²) in [6, 6.07) is 2.41. The van der Waals surface area contributed by atoms with E-state index in [-0.39, 0.29) is 6.10 Å². The first-order chi connectivity index (χ1) is 9.53. The van der Waals surface area contributed by atoms with Crippen molar-refractivity contribution in [1.29, 1.82) is 5.26 Å². The standard InChI is InChI=1S/C17H32N2O/c1-5-10-19-17(4,13-18)12-14(3)20-16-9-7-8-15(6-2)11-16/h14-16,19H,5-12H2,1-4H3. The molecule has 0 spiro atoms. The number of nitrogens with one attached hydrogen (secondary N) is 1. The number of rotatable bonds is 8. The van der Waals surface area contributed by atoms with Crippen molar-refractivity contribution in [3.05, 3.63) is 0 Å². The Morgan fingerprint density at radius 1 is 1.40 bits per heavy atom. The van der Waals surface area contributed by atoms with E-state index in [4.69, 9.17) is 4.74 Å². The predicted octanol–water partition coefficient (Wildman–Crippen LogP) is 4.03. The molecule has 0 aromatic carbocycles. The largest absolute Gasteiger partial charge is 0.375 e. The fourth-order valence-electron chi connectivity index (χ4n) is 3.25. The maximum absolute atomic E-state index is 9.38. The lowest BCUT2D eigenvalue weighted by atomic mass is 9.85. The molecule has 4 atom stereocenters. The van der Waals surface area contributed by atoms with Crippen LogP contribution in [-0.4, -0.2) is 24.3 Å². The third-order valence-corrected chi connectivity index (χ3v) is 4.44. The second-order valence-electron chi connectivity index (χ2n) is 6.58. The molecule has 0 heterocycles. The van der Waals surface area contributed by atoms with E-state index in [0.717, 1.165) is 25.3 Å².